The van der Waals surface area contributed by atoms with Crippen LogP contribution in [0.2, 0.25) is 0 Å². The van der Waals surface area contributed by atoms with E-state index in [4.69, 9.17) is 0 Å². The predicted molar refractivity (Wildman–Crippen MR) is 133 cm³/mol. The third kappa shape index (κ3) is 3.59. The molecular weight excluding hydrogens is 424 g/mol. The van der Waals surface area contributed by atoms with Crippen molar-refractivity contribution < 1.29 is 4.79 Å². The van der Waals surface area contributed by atoms with Crippen LogP contribution in [0.4, 0.5) is 5.69 Å². The molecule has 7 heteroatoms. The number of fused-ring (bicyclic) bond motifs is 2. The van der Waals surface area contributed by atoms with Crippen LogP contribution in [0, 0.1) is 6.92 Å². The first-order chi connectivity index (χ1) is 16.6. The molecule has 0 aliphatic rings. The number of rotatable bonds is 4. The van der Waals surface area contributed by atoms with E-state index in [-0.39, 0.29) is 5.91 Å². The number of benzene rings is 2. The van der Waals surface area contributed by atoms with Gasteiger partial charge in [-0.1, -0.05) is 18.2 Å². The molecule has 0 bridgehead atoms. The molecule has 4 aromatic heterocycles. The van der Waals surface area contributed by atoms with Crippen LogP contribution in [0.15, 0.2) is 91.6 Å². The summed E-state index contributed by atoms with van der Waals surface area (Å²) in [4.78, 5) is 24.8. The number of nitrogens with one attached hydrogen (secondary N) is 2. The molecule has 0 aliphatic heterocycles. The highest BCUT2D eigenvalue weighted by molar-refractivity contribution is 6.06. The fourth-order valence-corrected chi connectivity index (χ4v) is 4.05. The van der Waals surface area contributed by atoms with Crippen molar-refractivity contribution in [1.29, 1.82) is 0 Å². The van der Waals surface area contributed by atoms with Crippen LogP contribution in [0.1, 0.15) is 15.9 Å². The van der Waals surface area contributed by atoms with Gasteiger partial charge in [-0.15, -0.1) is 0 Å². The van der Waals surface area contributed by atoms with Crippen molar-refractivity contribution in [1.82, 2.24) is 24.7 Å². The first-order valence-corrected chi connectivity index (χ1v) is 10.9. The van der Waals surface area contributed by atoms with Gasteiger partial charge in [-0.3, -0.25) is 9.78 Å². The number of hydrogen-bond donors (Lipinski definition) is 2. The Morgan fingerprint density at radius 2 is 1.88 bits per heavy atom. The number of nitrogens with zero attached hydrogens (tertiary/aromatic N) is 4. The minimum Gasteiger partial charge on any atom is -0.346 e. The summed E-state index contributed by atoms with van der Waals surface area (Å²) in [5, 5.41) is 9.61. The van der Waals surface area contributed by atoms with Gasteiger partial charge in [0.25, 0.3) is 5.91 Å². The SMILES string of the molecule is Cc1ccc(NC(=O)c2ccc3cccnc3c2)cc1-n1cc(-c2cnc3[nH]ccc3c2)cn1. The maximum Gasteiger partial charge on any atom is 0.255 e. The molecule has 0 saturated heterocycles. The molecule has 0 aliphatic carbocycles. The zero-order chi connectivity index (χ0) is 23.1. The highest BCUT2D eigenvalue weighted by Gasteiger charge is 2.11. The number of aryl methyl sites for hydroxylation is 1. The number of hydrogen-bond acceptors (Lipinski definition) is 4. The number of aromatic nitrogens is 5. The summed E-state index contributed by atoms with van der Waals surface area (Å²) in [7, 11) is 0. The van der Waals surface area contributed by atoms with Crippen LogP contribution in [-0.4, -0.2) is 30.6 Å². The predicted octanol–water partition coefficient (Wildman–Crippen LogP) is 5.52. The van der Waals surface area contributed by atoms with Gasteiger partial charge in [0.2, 0.25) is 0 Å². The van der Waals surface area contributed by atoms with Gasteiger partial charge in [-0.05, 0) is 55.0 Å². The number of carbonyl (C=O) groups excluding carboxylic acids is 1. The van der Waals surface area contributed by atoms with E-state index in [9.17, 15) is 4.79 Å². The van der Waals surface area contributed by atoms with Crippen LogP contribution in [-0.2, 0) is 0 Å². The molecule has 0 spiro atoms. The van der Waals surface area contributed by atoms with Crippen LogP contribution >= 0.6 is 0 Å². The first-order valence-electron chi connectivity index (χ1n) is 10.9. The number of amides is 1. The molecule has 4 heterocycles. The van der Waals surface area contributed by atoms with Gasteiger partial charge >= 0.3 is 0 Å². The number of anilines is 1. The normalized spacial score (nSPS) is 11.2. The second-order valence-corrected chi connectivity index (χ2v) is 8.18. The highest BCUT2D eigenvalue weighted by atomic mass is 16.1. The van der Waals surface area contributed by atoms with E-state index < -0.39 is 0 Å². The Kier molecular flexibility index (Phi) is 4.66. The zero-order valence-corrected chi connectivity index (χ0v) is 18.4. The lowest BCUT2D eigenvalue weighted by Crippen LogP contribution is -2.12. The van der Waals surface area contributed by atoms with Gasteiger partial charge in [0.05, 0.1) is 17.4 Å². The number of carbonyl (C=O) groups is 1. The van der Waals surface area contributed by atoms with E-state index in [1.807, 2.05) is 84.9 Å². The summed E-state index contributed by atoms with van der Waals surface area (Å²) < 4.78 is 1.82. The summed E-state index contributed by atoms with van der Waals surface area (Å²) in [5.41, 5.74) is 6.79. The monoisotopic (exact) mass is 444 g/mol. The number of pyridine rings is 2. The summed E-state index contributed by atoms with van der Waals surface area (Å²) in [5.74, 6) is -0.186. The summed E-state index contributed by atoms with van der Waals surface area (Å²) in [6.45, 7) is 2.02. The molecule has 6 aromatic rings. The fourth-order valence-electron chi connectivity index (χ4n) is 4.05. The van der Waals surface area contributed by atoms with E-state index in [1.54, 1.807) is 12.3 Å². The Hall–Kier alpha value is -4.78. The molecule has 2 N–H and O–H groups in total. The molecule has 0 saturated carbocycles. The van der Waals surface area contributed by atoms with Crippen molar-refractivity contribution in [2.45, 2.75) is 6.92 Å². The van der Waals surface area contributed by atoms with E-state index in [0.717, 1.165) is 44.3 Å². The Morgan fingerprint density at radius 3 is 2.82 bits per heavy atom. The summed E-state index contributed by atoms with van der Waals surface area (Å²) in [6, 6.07) is 19.2. The first kappa shape index (κ1) is 19.9. The Balaban J connectivity index is 1.28. The third-order valence-electron chi connectivity index (χ3n) is 5.90. The van der Waals surface area contributed by atoms with Crippen LogP contribution in [0.3, 0.4) is 0 Å². The lowest BCUT2D eigenvalue weighted by molar-refractivity contribution is 0.102. The summed E-state index contributed by atoms with van der Waals surface area (Å²) >= 11 is 0. The minimum absolute atomic E-state index is 0.186. The standard InChI is InChI=1S/C27H20N6O/c1-17-4-7-23(32-27(34)20-6-5-18-3-2-9-28-24(18)12-20)13-25(17)33-16-22(15-31-33)21-11-19-8-10-29-26(19)30-14-21/h2-16H,1H3,(H,29,30)(H,32,34). The van der Waals surface area contributed by atoms with Crippen molar-refractivity contribution in [2.75, 3.05) is 5.32 Å². The molecule has 0 unspecified atom stereocenters. The quantitative estimate of drug-likeness (QED) is 0.374. The molecule has 0 radical (unpaired) electrons. The van der Waals surface area contributed by atoms with Gasteiger partial charge in [0.15, 0.2) is 0 Å². The fraction of sp³-hybridized carbons (Fsp3) is 0.0370. The lowest BCUT2D eigenvalue weighted by atomic mass is 10.1. The molecule has 7 nitrogen and oxygen atoms in total. The van der Waals surface area contributed by atoms with Crippen LogP contribution < -0.4 is 5.32 Å². The van der Waals surface area contributed by atoms with Gasteiger partial charge in [-0.2, -0.15) is 5.10 Å². The Labute approximate surface area is 195 Å². The zero-order valence-electron chi connectivity index (χ0n) is 18.4. The molecule has 34 heavy (non-hydrogen) atoms. The highest BCUT2D eigenvalue weighted by Crippen LogP contribution is 2.25. The van der Waals surface area contributed by atoms with Crippen molar-refractivity contribution in [2.24, 2.45) is 0 Å². The van der Waals surface area contributed by atoms with Crippen molar-refractivity contribution in [3.8, 4) is 16.8 Å². The topological polar surface area (TPSA) is 88.5 Å². The van der Waals surface area contributed by atoms with Crippen molar-refractivity contribution in [3.63, 3.8) is 0 Å². The molecule has 164 valence electrons. The van der Waals surface area contributed by atoms with E-state index in [2.05, 4.69) is 31.4 Å². The number of H-pyrrole nitrogens is 1. The van der Waals surface area contributed by atoms with Crippen molar-refractivity contribution in [3.05, 3.63) is 103 Å². The second-order valence-electron chi connectivity index (χ2n) is 8.18. The largest absolute Gasteiger partial charge is 0.346 e. The van der Waals surface area contributed by atoms with Crippen LogP contribution in [0.5, 0.6) is 0 Å². The maximum absolute atomic E-state index is 12.9. The molecule has 1 amide bonds. The second kappa shape index (κ2) is 7.97. The van der Waals surface area contributed by atoms with Gasteiger partial charge in [0.1, 0.15) is 5.65 Å². The van der Waals surface area contributed by atoms with E-state index >= 15 is 0 Å². The molecule has 2 aromatic carbocycles. The molecule has 6 rings (SSSR count). The Morgan fingerprint density at radius 1 is 0.941 bits per heavy atom. The minimum atomic E-state index is -0.186. The molecule has 0 fully saturated rings. The van der Waals surface area contributed by atoms with Gasteiger partial charge in [-0.25, -0.2) is 9.67 Å². The van der Waals surface area contributed by atoms with Gasteiger partial charge in [0, 0.05) is 57.9 Å². The van der Waals surface area contributed by atoms with Crippen molar-refractivity contribution >= 4 is 33.5 Å². The maximum atomic E-state index is 12.9. The summed E-state index contributed by atoms with van der Waals surface area (Å²) in [6.07, 6.45) is 9.23. The van der Waals surface area contributed by atoms with E-state index in [1.165, 1.54) is 0 Å². The Bertz CT molecular complexity index is 1680. The van der Waals surface area contributed by atoms with Crippen LogP contribution in [0.25, 0.3) is 38.8 Å². The smallest absolute Gasteiger partial charge is 0.255 e. The third-order valence-corrected chi connectivity index (χ3v) is 5.90. The number of aromatic amines is 1. The average molecular weight is 444 g/mol. The molecule has 0 atom stereocenters. The lowest BCUT2D eigenvalue weighted by Gasteiger charge is -2.11. The average Bonchev–Trinajstić information content (AvgIpc) is 3.54. The molecular formula is C27H20N6O. The van der Waals surface area contributed by atoms with Gasteiger partial charge < -0.3 is 10.3 Å². The van der Waals surface area contributed by atoms with E-state index in [0.29, 0.717) is 11.3 Å².